The van der Waals surface area contributed by atoms with Crippen molar-refractivity contribution < 1.29 is 8.78 Å². The SMILES string of the molecule is Nc1ncc(F)c(Nc2cc(Br)ccc2F)n1. The van der Waals surface area contributed by atoms with Gasteiger partial charge >= 0.3 is 0 Å². The number of aromatic nitrogens is 2. The van der Waals surface area contributed by atoms with Gasteiger partial charge < -0.3 is 11.1 Å². The maximum atomic E-state index is 13.4. The highest BCUT2D eigenvalue weighted by Gasteiger charge is 2.09. The average molecular weight is 301 g/mol. The molecule has 2 rings (SSSR count). The summed E-state index contributed by atoms with van der Waals surface area (Å²) < 4.78 is 27.4. The lowest BCUT2D eigenvalue weighted by Crippen LogP contribution is -2.03. The van der Waals surface area contributed by atoms with Crippen molar-refractivity contribution in [2.75, 3.05) is 11.1 Å². The molecule has 0 saturated carbocycles. The largest absolute Gasteiger partial charge is 0.368 e. The van der Waals surface area contributed by atoms with E-state index in [1.54, 1.807) is 0 Å². The van der Waals surface area contributed by atoms with E-state index in [1.165, 1.54) is 18.2 Å². The third-order valence-corrected chi connectivity index (χ3v) is 2.44. The third-order valence-electron chi connectivity index (χ3n) is 1.94. The molecular formula is C10H7BrF2N4. The van der Waals surface area contributed by atoms with E-state index in [1.807, 2.05) is 0 Å². The van der Waals surface area contributed by atoms with Crippen LogP contribution < -0.4 is 11.1 Å². The highest BCUT2D eigenvalue weighted by molar-refractivity contribution is 9.10. The Morgan fingerprint density at radius 3 is 2.76 bits per heavy atom. The maximum absolute atomic E-state index is 13.4. The van der Waals surface area contributed by atoms with Gasteiger partial charge in [-0.15, -0.1) is 0 Å². The molecule has 1 heterocycles. The molecule has 0 fully saturated rings. The van der Waals surface area contributed by atoms with Crippen molar-refractivity contribution in [1.29, 1.82) is 0 Å². The number of hydrogen-bond acceptors (Lipinski definition) is 4. The lowest BCUT2D eigenvalue weighted by molar-refractivity contribution is 0.616. The number of rotatable bonds is 2. The molecule has 3 N–H and O–H groups in total. The second-order valence-electron chi connectivity index (χ2n) is 3.17. The molecule has 17 heavy (non-hydrogen) atoms. The summed E-state index contributed by atoms with van der Waals surface area (Å²) in [5.74, 6) is -1.50. The Bertz CT molecular complexity index is 512. The molecule has 7 heteroatoms. The van der Waals surface area contributed by atoms with Crippen molar-refractivity contribution in [2.24, 2.45) is 0 Å². The highest BCUT2D eigenvalue weighted by atomic mass is 79.9. The first kappa shape index (κ1) is 11.7. The number of nitrogens with one attached hydrogen (secondary N) is 1. The summed E-state index contributed by atoms with van der Waals surface area (Å²) in [6.45, 7) is 0. The van der Waals surface area contributed by atoms with Gasteiger partial charge in [-0.3, -0.25) is 0 Å². The van der Waals surface area contributed by atoms with Crippen LogP contribution in [0.25, 0.3) is 0 Å². The maximum Gasteiger partial charge on any atom is 0.222 e. The molecule has 0 atom stereocenters. The Morgan fingerprint density at radius 1 is 1.24 bits per heavy atom. The summed E-state index contributed by atoms with van der Waals surface area (Å²) in [5.41, 5.74) is 5.41. The number of nitrogens with zero attached hydrogens (tertiary/aromatic N) is 2. The zero-order chi connectivity index (χ0) is 12.4. The third kappa shape index (κ3) is 2.68. The van der Waals surface area contributed by atoms with Crippen molar-refractivity contribution >= 4 is 33.4 Å². The van der Waals surface area contributed by atoms with Crippen LogP contribution in [-0.4, -0.2) is 9.97 Å². The van der Waals surface area contributed by atoms with Gasteiger partial charge in [-0.25, -0.2) is 13.8 Å². The highest BCUT2D eigenvalue weighted by Crippen LogP contribution is 2.24. The first-order chi connectivity index (χ1) is 8.06. The smallest absolute Gasteiger partial charge is 0.222 e. The molecule has 0 radical (unpaired) electrons. The molecule has 0 aliphatic rings. The van der Waals surface area contributed by atoms with Gasteiger partial charge in [0, 0.05) is 4.47 Å². The van der Waals surface area contributed by atoms with Gasteiger partial charge in [-0.2, -0.15) is 4.98 Å². The first-order valence-electron chi connectivity index (χ1n) is 4.56. The molecule has 0 unspecified atom stereocenters. The van der Waals surface area contributed by atoms with Gasteiger partial charge in [0.05, 0.1) is 11.9 Å². The Hall–Kier alpha value is -1.76. The molecule has 1 aromatic heterocycles. The predicted molar refractivity (Wildman–Crippen MR) is 63.8 cm³/mol. The predicted octanol–water partition coefficient (Wildman–Crippen LogP) is 2.84. The summed E-state index contributed by atoms with van der Waals surface area (Å²) >= 11 is 3.18. The number of hydrogen-bond donors (Lipinski definition) is 2. The van der Waals surface area contributed by atoms with Crippen LogP contribution in [0.3, 0.4) is 0 Å². The average Bonchev–Trinajstić information content (AvgIpc) is 2.28. The Balaban J connectivity index is 2.37. The molecule has 0 spiro atoms. The van der Waals surface area contributed by atoms with Crippen LogP contribution in [0.1, 0.15) is 0 Å². The van der Waals surface area contributed by atoms with Crippen LogP contribution in [0, 0.1) is 11.6 Å². The van der Waals surface area contributed by atoms with E-state index in [0.717, 1.165) is 6.20 Å². The van der Waals surface area contributed by atoms with E-state index in [2.05, 4.69) is 31.2 Å². The van der Waals surface area contributed by atoms with E-state index in [9.17, 15) is 8.78 Å². The van der Waals surface area contributed by atoms with Gasteiger partial charge in [-0.05, 0) is 18.2 Å². The van der Waals surface area contributed by atoms with Crippen LogP contribution in [-0.2, 0) is 0 Å². The fraction of sp³-hybridized carbons (Fsp3) is 0. The van der Waals surface area contributed by atoms with Gasteiger partial charge in [-0.1, -0.05) is 15.9 Å². The molecule has 1 aromatic carbocycles. The standard InChI is InChI=1S/C10H7BrF2N4/c11-5-1-2-6(12)8(3-5)16-9-7(13)4-15-10(14)17-9/h1-4H,(H3,14,15,16,17). The minimum Gasteiger partial charge on any atom is -0.368 e. The van der Waals surface area contributed by atoms with Gasteiger partial charge in [0.1, 0.15) is 5.82 Å². The Morgan fingerprint density at radius 2 is 2.00 bits per heavy atom. The van der Waals surface area contributed by atoms with Crippen molar-refractivity contribution in [3.05, 3.63) is 40.5 Å². The van der Waals surface area contributed by atoms with Crippen LogP contribution >= 0.6 is 15.9 Å². The van der Waals surface area contributed by atoms with Crippen molar-refractivity contribution in [2.45, 2.75) is 0 Å². The lowest BCUT2D eigenvalue weighted by Gasteiger charge is -2.08. The molecule has 0 amide bonds. The lowest BCUT2D eigenvalue weighted by atomic mass is 10.3. The van der Waals surface area contributed by atoms with E-state index in [-0.39, 0.29) is 17.5 Å². The molecule has 2 aromatic rings. The fourth-order valence-electron chi connectivity index (χ4n) is 1.19. The van der Waals surface area contributed by atoms with Crippen LogP contribution in [0.15, 0.2) is 28.9 Å². The fourth-order valence-corrected chi connectivity index (χ4v) is 1.55. The number of anilines is 3. The summed E-state index contributed by atoms with van der Waals surface area (Å²) in [4.78, 5) is 7.11. The van der Waals surface area contributed by atoms with Gasteiger partial charge in [0.25, 0.3) is 0 Å². The van der Waals surface area contributed by atoms with Crippen molar-refractivity contribution in [1.82, 2.24) is 9.97 Å². The molecule has 0 aliphatic carbocycles. The minimum atomic E-state index is -0.710. The zero-order valence-electron chi connectivity index (χ0n) is 8.42. The summed E-state index contributed by atoms with van der Waals surface area (Å²) in [6, 6.07) is 4.24. The normalized spacial score (nSPS) is 10.3. The number of nitrogens with two attached hydrogens (primary N) is 1. The van der Waals surface area contributed by atoms with Crippen molar-refractivity contribution in [3.63, 3.8) is 0 Å². The van der Waals surface area contributed by atoms with E-state index in [4.69, 9.17) is 5.73 Å². The summed E-state index contributed by atoms with van der Waals surface area (Å²) in [7, 11) is 0. The zero-order valence-corrected chi connectivity index (χ0v) is 10.0. The molecule has 0 saturated heterocycles. The Kier molecular flexibility index (Phi) is 3.19. The van der Waals surface area contributed by atoms with Gasteiger partial charge in [0.2, 0.25) is 5.95 Å². The van der Waals surface area contributed by atoms with E-state index in [0.29, 0.717) is 4.47 Å². The number of nitrogen functional groups attached to an aromatic ring is 1. The monoisotopic (exact) mass is 300 g/mol. The van der Waals surface area contributed by atoms with Gasteiger partial charge in [0.15, 0.2) is 11.6 Å². The topological polar surface area (TPSA) is 63.8 Å². The van der Waals surface area contributed by atoms with Crippen molar-refractivity contribution in [3.8, 4) is 0 Å². The number of halogens is 3. The van der Waals surface area contributed by atoms with Crippen LogP contribution in [0.4, 0.5) is 26.2 Å². The first-order valence-corrected chi connectivity index (χ1v) is 5.35. The molecule has 4 nitrogen and oxygen atoms in total. The second kappa shape index (κ2) is 4.62. The van der Waals surface area contributed by atoms with Crippen LogP contribution in [0.2, 0.25) is 0 Å². The number of benzene rings is 1. The molecule has 0 aliphatic heterocycles. The minimum absolute atomic E-state index is 0.0932. The summed E-state index contributed by atoms with van der Waals surface area (Å²) in [5, 5.41) is 2.51. The van der Waals surface area contributed by atoms with E-state index >= 15 is 0 Å². The van der Waals surface area contributed by atoms with E-state index < -0.39 is 11.6 Å². The van der Waals surface area contributed by atoms with Crippen LogP contribution in [0.5, 0.6) is 0 Å². The molecule has 0 bridgehead atoms. The Labute approximate surface area is 104 Å². The molecular weight excluding hydrogens is 294 g/mol. The quantitative estimate of drug-likeness (QED) is 0.895. The second-order valence-corrected chi connectivity index (χ2v) is 4.09. The summed E-state index contributed by atoms with van der Waals surface area (Å²) in [6.07, 6.45) is 0.917. The molecule has 88 valence electrons.